The van der Waals surface area contributed by atoms with Crippen LogP contribution in [-0.4, -0.2) is 32.9 Å². The number of aromatic nitrogens is 1. The van der Waals surface area contributed by atoms with E-state index in [2.05, 4.69) is 32.3 Å². The summed E-state index contributed by atoms with van der Waals surface area (Å²) in [4.78, 5) is 3.15. The van der Waals surface area contributed by atoms with Gasteiger partial charge in [-0.15, -0.1) is 0 Å². The highest BCUT2D eigenvalue weighted by Gasteiger charge is 2.23. The number of hydrogen-bond donors (Lipinski definition) is 2. The lowest BCUT2D eigenvalue weighted by atomic mass is 10.0. The molecule has 0 aliphatic carbocycles. The topological polar surface area (TPSA) is 79.3 Å². The van der Waals surface area contributed by atoms with Crippen LogP contribution in [-0.2, 0) is 6.54 Å². The Morgan fingerprint density at radius 3 is 2.42 bits per heavy atom. The van der Waals surface area contributed by atoms with Gasteiger partial charge in [-0.3, -0.25) is 0 Å². The number of H-pyrrole nitrogens is 1. The highest BCUT2D eigenvalue weighted by atomic mass is 79.9. The first kappa shape index (κ1) is 18.2. The first-order valence-electron chi connectivity index (χ1n) is 7.43. The Morgan fingerprint density at radius 2 is 1.88 bits per heavy atom. The van der Waals surface area contributed by atoms with Gasteiger partial charge in [-0.05, 0) is 34.6 Å². The summed E-state index contributed by atoms with van der Waals surface area (Å²) in [5.41, 5.74) is 3.04. The number of halogens is 1. The van der Waals surface area contributed by atoms with E-state index in [0.717, 1.165) is 23.4 Å². The monoisotopic (exact) mass is 393 g/mol. The number of methoxy groups -OCH3 is 3. The standard InChI is InChI=1S/C17H20BrN3O3/c1-5-20-9-12-14(15(18)11(8-19)21-12)10-6-7-13(22-2)17(24-4)16(10)23-3/h6-7,20-21H,5,9H2,1-4H3. The summed E-state index contributed by atoms with van der Waals surface area (Å²) in [7, 11) is 4.72. The number of nitriles is 1. The van der Waals surface area contributed by atoms with Crippen LogP contribution in [0.3, 0.4) is 0 Å². The van der Waals surface area contributed by atoms with Gasteiger partial charge in [-0.2, -0.15) is 5.26 Å². The van der Waals surface area contributed by atoms with Crippen LogP contribution in [0.1, 0.15) is 18.3 Å². The molecule has 0 spiro atoms. The summed E-state index contributed by atoms with van der Waals surface area (Å²) in [6.45, 7) is 3.45. The molecule has 7 heteroatoms. The van der Waals surface area contributed by atoms with Gasteiger partial charge in [0.2, 0.25) is 5.75 Å². The van der Waals surface area contributed by atoms with E-state index in [1.54, 1.807) is 21.3 Å². The van der Waals surface area contributed by atoms with Crippen molar-refractivity contribution in [3.63, 3.8) is 0 Å². The summed E-state index contributed by atoms with van der Waals surface area (Å²) < 4.78 is 17.1. The molecule has 24 heavy (non-hydrogen) atoms. The van der Waals surface area contributed by atoms with Crippen LogP contribution in [0.25, 0.3) is 11.1 Å². The second-order valence-corrected chi connectivity index (χ2v) is 5.73. The van der Waals surface area contributed by atoms with E-state index >= 15 is 0 Å². The van der Waals surface area contributed by atoms with E-state index in [9.17, 15) is 5.26 Å². The number of nitrogens with one attached hydrogen (secondary N) is 2. The van der Waals surface area contributed by atoms with Crippen LogP contribution in [0.2, 0.25) is 0 Å². The second kappa shape index (κ2) is 8.08. The van der Waals surface area contributed by atoms with E-state index in [1.165, 1.54) is 0 Å². The maximum Gasteiger partial charge on any atom is 0.203 e. The fraction of sp³-hybridized carbons (Fsp3) is 0.353. The molecule has 0 unspecified atom stereocenters. The fourth-order valence-electron chi connectivity index (χ4n) is 2.56. The van der Waals surface area contributed by atoms with Crippen molar-refractivity contribution in [2.24, 2.45) is 0 Å². The van der Waals surface area contributed by atoms with E-state index in [0.29, 0.717) is 34.0 Å². The molecule has 2 aromatic rings. The molecule has 0 fully saturated rings. The molecule has 0 bridgehead atoms. The SMILES string of the molecule is CCNCc1[nH]c(C#N)c(Br)c1-c1ccc(OC)c(OC)c1OC. The van der Waals surface area contributed by atoms with E-state index in [-0.39, 0.29) is 0 Å². The van der Waals surface area contributed by atoms with Crippen LogP contribution in [0, 0.1) is 11.3 Å². The van der Waals surface area contributed by atoms with E-state index < -0.39 is 0 Å². The second-order valence-electron chi connectivity index (χ2n) is 4.94. The van der Waals surface area contributed by atoms with Gasteiger partial charge in [-0.25, -0.2) is 0 Å². The van der Waals surface area contributed by atoms with Gasteiger partial charge in [0.15, 0.2) is 11.5 Å². The summed E-state index contributed by atoms with van der Waals surface area (Å²) in [5.74, 6) is 1.65. The van der Waals surface area contributed by atoms with Gasteiger partial charge < -0.3 is 24.5 Å². The molecule has 1 aromatic carbocycles. The average molecular weight is 394 g/mol. The minimum Gasteiger partial charge on any atom is -0.493 e. The number of ether oxygens (including phenoxy) is 3. The van der Waals surface area contributed by atoms with Crippen molar-refractivity contribution >= 4 is 15.9 Å². The zero-order chi connectivity index (χ0) is 17.7. The Labute approximate surface area is 149 Å². The summed E-state index contributed by atoms with van der Waals surface area (Å²) in [5, 5.41) is 12.6. The number of nitrogens with zero attached hydrogens (tertiary/aromatic N) is 1. The van der Waals surface area contributed by atoms with Crippen molar-refractivity contribution in [3.05, 3.63) is 28.0 Å². The molecule has 2 rings (SSSR count). The third-order valence-electron chi connectivity index (χ3n) is 3.65. The number of hydrogen-bond acceptors (Lipinski definition) is 5. The van der Waals surface area contributed by atoms with E-state index in [4.69, 9.17) is 14.2 Å². The van der Waals surface area contributed by atoms with Crippen molar-refractivity contribution in [2.75, 3.05) is 27.9 Å². The Morgan fingerprint density at radius 1 is 1.17 bits per heavy atom. The van der Waals surface area contributed by atoms with Gasteiger partial charge in [0.05, 0.1) is 25.8 Å². The van der Waals surface area contributed by atoms with Crippen LogP contribution >= 0.6 is 15.9 Å². The smallest absolute Gasteiger partial charge is 0.203 e. The molecule has 128 valence electrons. The van der Waals surface area contributed by atoms with Crippen molar-refractivity contribution in [1.82, 2.24) is 10.3 Å². The molecule has 0 amide bonds. The van der Waals surface area contributed by atoms with Crippen LogP contribution in [0.15, 0.2) is 16.6 Å². The van der Waals surface area contributed by atoms with Crippen LogP contribution in [0.4, 0.5) is 0 Å². The van der Waals surface area contributed by atoms with Crippen LogP contribution < -0.4 is 19.5 Å². The van der Waals surface area contributed by atoms with Crippen LogP contribution in [0.5, 0.6) is 17.2 Å². The zero-order valence-corrected chi connectivity index (χ0v) is 15.7. The normalized spacial score (nSPS) is 10.3. The third-order valence-corrected chi connectivity index (χ3v) is 4.45. The molecule has 0 aliphatic rings. The molecule has 0 atom stereocenters. The fourth-order valence-corrected chi connectivity index (χ4v) is 3.20. The first-order valence-corrected chi connectivity index (χ1v) is 8.22. The van der Waals surface area contributed by atoms with Crippen molar-refractivity contribution in [2.45, 2.75) is 13.5 Å². The van der Waals surface area contributed by atoms with Crippen molar-refractivity contribution < 1.29 is 14.2 Å². The summed E-state index contributed by atoms with van der Waals surface area (Å²) in [6, 6.07) is 5.88. The van der Waals surface area contributed by atoms with Crippen molar-refractivity contribution in [3.8, 4) is 34.4 Å². The predicted octanol–water partition coefficient (Wildman–Crippen LogP) is 3.45. The van der Waals surface area contributed by atoms with Gasteiger partial charge in [0.1, 0.15) is 11.8 Å². The van der Waals surface area contributed by atoms with E-state index in [1.807, 2.05) is 19.1 Å². The minimum atomic E-state index is 0.467. The molecule has 2 N–H and O–H groups in total. The van der Waals surface area contributed by atoms with Gasteiger partial charge >= 0.3 is 0 Å². The number of rotatable bonds is 7. The highest BCUT2D eigenvalue weighted by Crippen LogP contribution is 2.47. The molecule has 0 saturated heterocycles. The quantitative estimate of drug-likeness (QED) is 0.752. The third kappa shape index (κ3) is 3.21. The predicted molar refractivity (Wildman–Crippen MR) is 95.7 cm³/mol. The van der Waals surface area contributed by atoms with Crippen molar-refractivity contribution in [1.29, 1.82) is 5.26 Å². The lowest BCUT2D eigenvalue weighted by Crippen LogP contribution is -2.12. The Kier molecular flexibility index (Phi) is 6.12. The zero-order valence-electron chi connectivity index (χ0n) is 14.1. The molecule has 0 aliphatic heterocycles. The number of benzene rings is 1. The molecule has 1 aromatic heterocycles. The molecule has 6 nitrogen and oxygen atoms in total. The lowest BCUT2D eigenvalue weighted by Gasteiger charge is -2.16. The highest BCUT2D eigenvalue weighted by molar-refractivity contribution is 9.10. The maximum absolute atomic E-state index is 9.33. The maximum atomic E-state index is 9.33. The molecular weight excluding hydrogens is 374 g/mol. The lowest BCUT2D eigenvalue weighted by molar-refractivity contribution is 0.325. The average Bonchev–Trinajstić information content (AvgIpc) is 2.93. The molecular formula is C17H20BrN3O3. The molecule has 0 saturated carbocycles. The summed E-state index contributed by atoms with van der Waals surface area (Å²) >= 11 is 3.53. The molecule has 0 radical (unpaired) electrons. The van der Waals surface area contributed by atoms with Gasteiger partial charge in [-0.1, -0.05) is 6.92 Å². The Bertz CT molecular complexity index is 765. The largest absolute Gasteiger partial charge is 0.493 e. The summed E-state index contributed by atoms with van der Waals surface area (Å²) in [6.07, 6.45) is 0. The van der Waals surface area contributed by atoms with Gasteiger partial charge in [0.25, 0.3) is 0 Å². The first-order chi connectivity index (χ1) is 11.6. The Hall–Kier alpha value is -2.17. The van der Waals surface area contributed by atoms with Gasteiger partial charge in [0, 0.05) is 23.4 Å². The number of aromatic amines is 1. The minimum absolute atomic E-state index is 0.467. The Balaban J connectivity index is 2.71. The molecule has 1 heterocycles.